The maximum absolute atomic E-state index is 13.4. The quantitative estimate of drug-likeness (QED) is 0.359. The number of nitro groups is 1. The molecule has 0 aromatic heterocycles. The fraction of sp³-hybridized carbons (Fsp3) is 0.273. The smallest absolute Gasteiger partial charge is 0.305 e. The Labute approximate surface area is 107 Å². The maximum atomic E-state index is 13.4. The number of esters is 2. The molecule has 1 aromatic rings. The molecular formula is C11H10FNO6. The number of halogens is 1. The molecule has 0 saturated carbocycles. The fourth-order valence-electron chi connectivity index (χ4n) is 1.28. The number of rotatable bonds is 4. The van der Waals surface area contributed by atoms with Crippen molar-refractivity contribution in [3.8, 4) is 0 Å². The summed E-state index contributed by atoms with van der Waals surface area (Å²) in [6.07, 6.45) is -1.44. The zero-order chi connectivity index (χ0) is 14.6. The number of carbonyl (C=O) groups excluding carboxylic acids is 2. The monoisotopic (exact) mass is 271 g/mol. The summed E-state index contributed by atoms with van der Waals surface area (Å²) in [5, 5.41) is 10.5. The van der Waals surface area contributed by atoms with Gasteiger partial charge >= 0.3 is 17.6 Å². The van der Waals surface area contributed by atoms with Gasteiger partial charge in [0.2, 0.25) is 5.82 Å². The number of hydrogen-bond donors (Lipinski definition) is 0. The summed E-state index contributed by atoms with van der Waals surface area (Å²) < 4.78 is 22.8. The fourth-order valence-corrected chi connectivity index (χ4v) is 1.28. The zero-order valence-electron chi connectivity index (χ0n) is 10.1. The second-order valence-electron chi connectivity index (χ2n) is 3.52. The summed E-state index contributed by atoms with van der Waals surface area (Å²) in [6, 6.07) is 2.80. The molecule has 0 N–H and O–H groups in total. The molecule has 7 nitrogen and oxygen atoms in total. The van der Waals surface area contributed by atoms with Crippen LogP contribution in [-0.4, -0.2) is 16.9 Å². The van der Waals surface area contributed by atoms with E-state index in [1.54, 1.807) is 0 Å². The van der Waals surface area contributed by atoms with Crippen LogP contribution in [0.3, 0.4) is 0 Å². The normalized spacial score (nSPS) is 10.1. The van der Waals surface area contributed by atoms with E-state index in [0.29, 0.717) is 0 Å². The van der Waals surface area contributed by atoms with Gasteiger partial charge in [-0.05, 0) is 12.1 Å². The molecule has 0 saturated heterocycles. The number of carbonyl (C=O) groups is 2. The highest BCUT2D eigenvalue weighted by atomic mass is 19.1. The largest absolute Gasteiger partial charge is 0.421 e. The Morgan fingerprint density at radius 2 is 1.79 bits per heavy atom. The van der Waals surface area contributed by atoms with Crippen molar-refractivity contribution in [1.82, 2.24) is 0 Å². The van der Waals surface area contributed by atoms with Crippen LogP contribution in [0.5, 0.6) is 0 Å². The standard InChI is InChI=1S/C11H10FNO6/c1-6(14)18-11(19-7(2)15)8-3-4-10(13(16)17)9(12)5-8/h3-5,11H,1-2H3. The van der Waals surface area contributed by atoms with Gasteiger partial charge in [-0.25, -0.2) is 0 Å². The zero-order valence-corrected chi connectivity index (χ0v) is 10.1. The average molecular weight is 271 g/mol. The van der Waals surface area contributed by atoms with Gasteiger partial charge < -0.3 is 9.47 Å². The van der Waals surface area contributed by atoms with Gasteiger partial charge in [0, 0.05) is 25.5 Å². The Kier molecular flexibility index (Phi) is 4.51. The number of nitro benzene ring substituents is 1. The molecule has 0 aliphatic rings. The molecule has 8 heteroatoms. The van der Waals surface area contributed by atoms with Crippen LogP contribution in [0.2, 0.25) is 0 Å². The van der Waals surface area contributed by atoms with E-state index < -0.39 is 34.7 Å². The molecular weight excluding hydrogens is 261 g/mol. The predicted octanol–water partition coefficient (Wildman–Crippen LogP) is 1.86. The molecule has 19 heavy (non-hydrogen) atoms. The minimum Gasteiger partial charge on any atom is -0.421 e. The predicted molar refractivity (Wildman–Crippen MR) is 59.3 cm³/mol. The van der Waals surface area contributed by atoms with E-state index in [9.17, 15) is 24.1 Å². The molecule has 0 aliphatic carbocycles. The van der Waals surface area contributed by atoms with Gasteiger partial charge in [0.25, 0.3) is 6.29 Å². The Balaban J connectivity index is 3.08. The molecule has 1 aromatic carbocycles. The third-order valence-corrected chi connectivity index (χ3v) is 1.99. The first-order valence-electron chi connectivity index (χ1n) is 5.09. The van der Waals surface area contributed by atoms with Gasteiger partial charge in [0.1, 0.15) is 0 Å². The number of benzene rings is 1. The second kappa shape index (κ2) is 5.89. The average Bonchev–Trinajstić information content (AvgIpc) is 2.26. The van der Waals surface area contributed by atoms with Crippen molar-refractivity contribution in [2.24, 2.45) is 0 Å². The Bertz CT molecular complexity index is 514. The number of nitrogens with zero attached hydrogens (tertiary/aromatic N) is 1. The van der Waals surface area contributed by atoms with E-state index in [1.165, 1.54) is 0 Å². The van der Waals surface area contributed by atoms with Crippen molar-refractivity contribution in [3.05, 3.63) is 39.7 Å². The van der Waals surface area contributed by atoms with E-state index in [2.05, 4.69) is 9.47 Å². The first-order valence-corrected chi connectivity index (χ1v) is 5.09. The van der Waals surface area contributed by atoms with Crippen molar-refractivity contribution in [2.45, 2.75) is 20.1 Å². The highest BCUT2D eigenvalue weighted by Gasteiger charge is 2.22. The van der Waals surface area contributed by atoms with Crippen LogP contribution in [0, 0.1) is 15.9 Å². The van der Waals surface area contributed by atoms with E-state index in [1.807, 2.05) is 0 Å². The highest BCUT2D eigenvalue weighted by Crippen LogP contribution is 2.25. The topological polar surface area (TPSA) is 95.7 Å². The van der Waals surface area contributed by atoms with E-state index >= 15 is 0 Å². The van der Waals surface area contributed by atoms with Crippen molar-refractivity contribution in [3.63, 3.8) is 0 Å². The summed E-state index contributed by atoms with van der Waals surface area (Å²) in [5.74, 6) is -2.61. The molecule has 0 amide bonds. The lowest BCUT2D eigenvalue weighted by Gasteiger charge is -2.16. The molecule has 0 aliphatic heterocycles. The maximum Gasteiger partial charge on any atom is 0.305 e. The summed E-state index contributed by atoms with van der Waals surface area (Å²) in [6.45, 7) is 2.16. The molecule has 0 atom stereocenters. The Morgan fingerprint density at radius 1 is 1.26 bits per heavy atom. The molecule has 0 radical (unpaired) electrons. The first kappa shape index (κ1) is 14.6. The SMILES string of the molecule is CC(=O)OC(OC(C)=O)c1ccc([N+](=O)[O-])c(F)c1. The van der Waals surface area contributed by atoms with E-state index in [4.69, 9.17) is 0 Å². The summed E-state index contributed by atoms with van der Waals surface area (Å²) in [7, 11) is 0. The van der Waals surface area contributed by atoms with Crippen LogP contribution in [0.25, 0.3) is 0 Å². The van der Waals surface area contributed by atoms with Gasteiger partial charge in [-0.3, -0.25) is 19.7 Å². The Hall–Kier alpha value is -2.51. The molecule has 0 bridgehead atoms. The lowest BCUT2D eigenvalue weighted by Crippen LogP contribution is -2.15. The first-order chi connectivity index (χ1) is 8.81. The van der Waals surface area contributed by atoms with E-state index in [0.717, 1.165) is 32.0 Å². The van der Waals surface area contributed by atoms with Crippen LogP contribution in [-0.2, 0) is 19.1 Å². The molecule has 0 fully saturated rings. The number of hydrogen-bond acceptors (Lipinski definition) is 6. The summed E-state index contributed by atoms with van der Waals surface area (Å²) >= 11 is 0. The molecule has 1 rings (SSSR count). The van der Waals surface area contributed by atoms with Gasteiger partial charge in [0.05, 0.1) is 4.92 Å². The van der Waals surface area contributed by atoms with Crippen molar-refractivity contribution < 1.29 is 28.4 Å². The highest BCUT2D eigenvalue weighted by molar-refractivity contribution is 5.68. The summed E-state index contributed by atoms with van der Waals surface area (Å²) in [4.78, 5) is 31.3. The van der Waals surface area contributed by atoms with Crippen LogP contribution in [0.1, 0.15) is 25.7 Å². The van der Waals surface area contributed by atoms with Crippen LogP contribution in [0.4, 0.5) is 10.1 Å². The van der Waals surface area contributed by atoms with Crippen LogP contribution >= 0.6 is 0 Å². The number of ether oxygens (including phenoxy) is 2. The lowest BCUT2D eigenvalue weighted by molar-refractivity contribution is -0.387. The van der Waals surface area contributed by atoms with Crippen molar-refractivity contribution >= 4 is 17.6 Å². The minimum absolute atomic E-state index is 0.0199. The minimum atomic E-state index is -1.44. The van der Waals surface area contributed by atoms with Gasteiger partial charge in [-0.1, -0.05) is 0 Å². The molecule has 102 valence electrons. The van der Waals surface area contributed by atoms with Gasteiger partial charge in [-0.15, -0.1) is 0 Å². The van der Waals surface area contributed by atoms with Gasteiger partial charge in [-0.2, -0.15) is 4.39 Å². The van der Waals surface area contributed by atoms with Crippen LogP contribution in [0.15, 0.2) is 18.2 Å². The molecule has 0 heterocycles. The molecule has 0 unspecified atom stereocenters. The Morgan fingerprint density at radius 3 is 2.16 bits per heavy atom. The van der Waals surface area contributed by atoms with Crippen LogP contribution < -0.4 is 0 Å². The van der Waals surface area contributed by atoms with Crippen molar-refractivity contribution in [1.29, 1.82) is 0 Å². The molecule has 0 spiro atoms. The van der Waals surface area contributed by atoms with Crippen molar-refractivity contribution in [2.75, 3.05) is 0 Å². The van der Waals surface area contributed by atoms with Gasteiger partial charge in [0.15, 0.2) is 0 Å². The summed E-state index contributed by atoms with van der Waals surface area (Å²) in [5.41, 5.74) is -0.748. The lowest BCUT2D eigenvalue weighted by atomic mass is 10.2. The second-order valence-corrected chi connectivity index (χ2v) is 3.52. The third-order valence-electron chi connectivity index (χ3n) is 1.99. The third kappa shape index (κ3) is 4.02. The van der Waals surface area contributed by atoms with E-state index in [-0.39, 0.29) is 5.56 Å².